The molecule has 4 heterocycles. The molecular formula is C39H55N11O6S. The number of nitrogens with one attached hydrogen (secondary N) is 2. The highest BCUT2D eigenvalue weighted by Gasteiger charge is 2.44. The van der Waals surface area contributed by atoms with Crippen LogP contribution in [0.5, 0.6) is 0 Å². The zero-order valence-electron chi connectivity index (χ0n) is 33.3. The van der Waals surface area contributed by atoms with Crippen molar-refractivity contribution >= 4 is 64.3 Å². The maximum atomic E-state index is 13.7. The summed E-state index contributed by atoms with van der Waals surface area (Å²) < 4.78 is 30.6. The van der Waals surface area contributed by atoms with Gasteiger partial charge in [-0.2, -0.15) is 9.40 Å². The van der Waals surface area contributed by atoms with Crippen molar-refractivity contribution in [2.24, 2.45) is 21.3 Å². The molecule has 4 fully saturated rings. The van der Waals surface area contributed by atoms with Gasteiger partial charge in [-0.1, -0.05) is 13.0 Å². The molecule has 2 N–H and O–H groups in total. The van der Waals surface area contributed by atoms with Crippen LogP contribution in [0.3, 0.4) is 0 Å². The number of carbonyl (C=O) groups excluding carboxylic acids is 4. The number of carbonyl (C=O) groups is 4. The van der Waals surface area contributed by atoms with E-state index in [9.17, 15) is 27.6 Å². The number of likely N-dealkylation sites (N-methyl/N-ethyl adjacent to an activating group) is 1. The molecule has 3 saturated heterocycles. The molecular weight excluding hydrogens is 751 g/mol. The number of benzene rings is 1. The van der Waals surface area contributed by atoms with Crippen molar-refractivity contribution in [2.75, 3.05) is 68.7 Å². The van der Waals surface area contributed by atoms with E-state index in [1.165, 1.54) is 20.3 Å². The molecule has 0 spiro atoms. The standard InChI is InChI=1S/C39H55N11O6S/c1-39(15-16-39)31(22-40-2)37(46(5)26-51)42-25-41-29-13-19-49(20-14-29)57(55,56)30-21-43-48(24-30)23-28-11-17-47(18-12-28)32-7-6-8-33(36(32)45(3)4)50(27-52)34-9-10-35(53)44-38(34)54/h6-8,21-22,24,26-29,34,41H,2,9-20,23,25H2,1,3-5H3,(H,44,53,54)/b31-22+,42-37+. The summed E-state index contributed by atoms with van der Waals surface area (Å²) in [6.45, 7) is 8.81. The number of imide groups is 1. The van der Waals surface area contributed by atoms with E-state index < -0.39 is 22.0 Å². The number of hydrogen-bond acceptors (Lipinski definition) is 12. The van der Waals surface area contributed by atoms with Crippen LogP contribution in [0.4, 0.5) is 17.1 Å². The van der Waals surface area contributed by atoms with Crippen LogP contribution in [-0.2, 0) is 35.7 Å². The summed E-state index contributed by atoms with van der Waals surface area (Å²) >= 11 is 0. The number of amidine groups is 1. The molecule has 6 rings (SSSR count). The predicted molar refractivity (Wildman–Crippen MR) is 219 cm³/mol. The van der Waals surface area contributed by atoms with E-state index >= 15 is 0 Å². The van der Waals surface area contributed by atoms with Crippen molar-refractivity contribution in [3.63, 3.8) is 0 Å². The number of sulfonamides is 1. The molecule has 1 aliphatic carbocycles. The lowest BCUT2D eigenvalue weighted by Crippen LogP contribution is -2.52. The predicted octanol–water partition coefficient (Wildman–Crippen LogP) is 2.21. The molecule has 1 aromatic carbocycles. The third-order valence-electron chi connectivity index (χ3n) is 11.7. The highest BCUT2D eigenvalue weighted by atomic mass is 32.2. The Bertz CT molecular complexity index is 1990. The van der Waals surface area contributed by atoms with Crippen LogP contribution in [0.2, 0.25) is 0 Å². The molecule has 1 unspecified atom stereocenters. The van der Waals surface area contributed by atoms with Crippen molar-refractivity contribution in [3.05, 3.63) is 42.4 Å². The van der Waals surface area contributed by atoms with Crippen LogP contribution >= 0.6 is 0 Å². The van der Waals surface area contributed by atoms with Gasteiger partial charge in [0.05, 0.1) is 29.9 Å². The van der Waals surface area contributed by atoms with E-state index in [1.807, 2.05) is 37.2 Å². The summed E-state index contributed by atoms with van der Waals surface area (Å²) in [4.78, 5) is 64.4. The second-order valence-corrected chi connectivity index (χ2v) is 17.8. The molecule has 0 radical (unpaired) electrons. The first-order chi connectivity index (χ1) is 27.3. The monoisotopic (exact) mass is 805 g/mol. The molecule has 1 atom stereocenters. The molecule has 17 nitrogen and oxygen atoms in total. The number of piperidine rings is 3. The van der Waals surface area contributed by atoms with E-state index in [4.69, 9.17) is 4.99 Å². The highest BCUT2D eigenvalue weighted by Crippen LogP contribution is 2.52. The van der Waals surface area contributed by atoms with Crippen LogP contribution < -0.4 is 25.3 Å². The van der Waals surface area contributed by atoms with E-state index in [0.29, 0.717) is 50.4 Å². The van der Waals surface area contributed by atoms with E-state index in [1.54, 1.807) is 24.1 Å². The fraction of sp³-hybridized carbons (Fsp3) is 0.564. The number of para-hydroxylation sites is 1. The number of amides is 4. The van der Waals surface area contributed by atoms with E-state index in [0.717, 1.165) is 62.1 Å². The zero-order valence-corrected chi connectivity index (χ0v) is 34.2. The average Bonchev–Trinajstić information content (AvgIpc) is 3.77. The Hall–Kier alpha value is -4.94. The largest absolute Gasteiger partial charge is 0.374 e. The Morgan fingerprint density at radius 2 is 1.77 bits per heavy atom. The van der Waals surface area contributed by atoms with Gasteiger partial charge in [0.1, 0.15) is 16.8 Å². The molecule has 2 aromatic rings. The van der Waals surface area contributed by atoms with Crippen LogP contribution in [0, 0.1) is 11.3 Å². The number of hydrogen-bond donors (Lipinski definition) is 2. The summed E-state index contributed by atoms with van der Waals surface area (Å²) in [6, 6.07) is 5.01. The summed E-state index contributed by atoms with van der Waals surface area (Å²) in [6.07, 6.45) is 11.5. The lowest BCUT2D eigenvalue weighted by atomic mass is 9.96. The van der Waals surface area contributed by atoms with Crippen LogP contribution in [0.1, 0.15) is 58.3 Å². The molecule has 4 amide bonds. The minimum absolute atomic E-state index is 0.0716. The molecule has 18 heteroatoms. The number of aliphatic imine (C=N–C) groups is 2. The number of nitrogens with zero attached hydrogens (tertiary/aromatic N) is 9. The first-order valence-electron chi connectivity index (χ1n) is 19.6. The van der Waals surface area contributed by atoms with Crippen molar-refractivity contribution in [1.82, 2.24) is 29.6 Å². The lowest BCUT2D eigenvalue weighted by Gasteiger charge is -2.38. The fourth-order valence-corrected chi connectivity index (χ4v) is 9.48. The normalized spacial score (nSPS) is 21.2. The summed E-state index contributed by atoms with van der Waals surface area (Å²) in [7, 11) is 1.75. The quantitative estimate of drug-likeness (QED) is 0.110. The summed E-state index contributed by atoms with van der Waals surface area (Å²) in [5, 5.41) is 10.2. The van der Waals surface area contributed by atoms with E-state index in [2.05, 4.69) is 39.3 Å². The molecule has 1 aromatic heterocycles. The molecule has 3 aliphatic heterocycles. The van der Waals surface area contributed by atoms with E-state index in [-0.39, 0.29) is 47.7 Å². The zero-order chi connectivity index (χ0) is 40.9. The van der Waals surface area contributed by atoms with Crippen molar-refractivity contribution in [3.8, 4) is 0 Å². The van der Waals surface area contributed by atoms with Gasteiger partial charge in [0.15, 0.2) is 0 Å². The van der Waals surface area contributed by atoms with Crippen LogP contribution in [0.15, 0.2) is 57.2 Å². The summed E-state index contributed by atoms with van der Waals surface area (Å²) in [5.74, 6) is 0.0226. The smallest absolute Gasteiger partial charge is 0.249 e. The van der Waals surface area contributed by atoms with Crippen molar-refractivity contribution < 1.29 is 27.6 Å². The second-order valence-electron chi connectivity index (χ2n) is 15.9. The molecule has 1 saturated carbocycles. The molecule has 0 bridgehead atoms. The van der Waals surface area contributed by atoms with Crippen LogP contribution in [-0.4, -0.2) is 131 Å². The van der Waals surface area contributed by atoms with Gasteiger partial charge in [-0.3, -0.25) is 44.5 Å². The molecule has 4 aliphatic rings. The fourth-order valence-electron chi connectivity index (χ4n) is 8.05. The van der Waals surface area contributed by atoms with Gasteiger partial charge in [0.2, 0.25) is 34.7 Å². The summed E-state index contributed by atoms with van der Waals surface area (Å²) in [5.41, 5.74) is 3.17. The van der Waals surface area contributed by atoms with Gasteiger partial charge >= 0.3 is 0 Å². The van der Waals surface area contributed by atoms with Gasteiger partial charge in [0.25, 0.3) is 0 Å². The average molecular weight is 806 g/mol. The highest BCUT2D eigenvalue weighted by molar-refractivity contribution is 7.89. The van der Waals surface area contributed by atoms with Gasteiger partial charge in [-0.05, 0) is 75.1 Å². The van der Waals surface area contributed by atoms with Crippen molar-refractivity contribution in [1.29, 1.82) is 0 Å². The third-order valence-corrected chi connectivity index (χ3v) is 13.5. The Morgan fingerprint density at radius 3 is 2.39 bits per heavy atom. The topological polar surface area (TPSA) is 185 Å². The number of rotatable bonds is 16. The maximum absolute atomic E-state index is 13.7. The number of anilines is 3. The minimum Gasteiger partial charge on any atom is -0.374 e. The number of aromatic nitrogens is 2. The Labute approximate surface area is 334 Å². The van der Waals surface area contributed by atoms with Crippen molar-refractivity contribution in [2.45, 2.75) is 81.8 Å². The lowest BCUT2D eigenvalue weighted by molar-refractivity contribution is -0.134. The third kappa shape index (κ3) is 9.28. The molecule has 308 valence electrons. The van der Waals surface area contributed by atoms with Crippen LogP contribution in [0.25, 0.3) is 0 Å². The first-order valence-corrected chi connectivity index (χ1v) is 21.0. The minimum atomic E-state index is -3.72. The second kappa shape index (κ2) is 17.7. The Balaban J connectivity index is 1.02. The van der Waals surface area contributed by atoms with Gasteiger partial charge in [0, 0.05) is 84.3 Å². The first kappa shape index (κ1) is 41.7. The Morgan fingerprint density at radius 1 is 1.05 bits per heavy atom. The Kier molecular flexibility index (Phi) is 12.9. The van der Waals surface area contributed by atoms with Gasteiger partial charge in [-0.25, -0.2) is 8.42 Å². The van der Waals surface area contributed by atoms with Gasteiger partial charge < -0.3 is 19.6 Å². The SMILES string of the molecule is C=N/C=C(\C(=N/CNC1CCN(S(=O)(=O)c2cnn(CC3CCN(c4cccc(N(C=O)C5CCC(=O)NC5=O)c4N(C)C)CC3)c2)CC1)N(C)C=O)C1(C)CC1. The maximum Gasteiger partial charge on any atom is 0.249 e. The van der Waals surface area contributed by atoms with Gasteiger partial charge in [-0.15, -0.1) is 0 Å². The molecule has 57 heavy (non-hydrogen) atoms.